The maximum atomic E-state index is 6.74. The molecule has 4 heteroatoms. The van der Waals surface area contributed by atoms with E-state index in [0.29, 0.717) is 22.9 Å². The Morgan fingerprint density at radius 3 is 2.75 bits per heavy atom. The Morgan fingerprint density at radius 2 is 2.00 bits per heavy atom. The monoisotopic (exact) mass is 323 g/mol. The Labute approximate surface area is 142 Å². The van der Waals surface area contributed by atoms with Crippen molar-refractivity contribution < 1.29 is 4.74 Å². The third-order valence-corrected chi connectivity index (χ3v) is 8.29. The van der Waals surface area contributed by atoms with E-state index in [1.54, 1.807) is 0 Å². The van der Waals surface area contributed by atoms with E-state index in [1.165, 1.54) is 37.7 Å². The first-order valence-electron chi connectivity index (χ1n) is 9.54. The molecule has 5 unspecified atom stereocenters. The average Bonchev–Trinajstić information content (AvgIpc) is 3.42. The average molecular weight is 323 g/mol. The first kappa shape index (κ1) is 13.7. The minimum atomic E-state index is 0.360. The molecule has 24 heavy (non-hydrogen) atoms. The van der Waals surface area contributed by atoms with Crippen LogP contribution in [0.25, 0.3) is 5.65 Å². The molecular formula is C20H25N3O. The molecule has 0 aromatic carbocycles. The van der Waals surface area contributed by atoms with E-state index in [2.05, 4.69) is 40.7 Å². The van der Waals surface area contributed by atoms with Gasteiger partial charge in [0.1, 0.15) is 17.7 Å². The minimum absolute atomic E-state index is 0.360. The van der Waals surface area contributed by atoms with E-state index in [1.807, 2.05) is 6.92 Å². The topological polar surface area (TPSA) is 39.4 Å². The summed E-state index contributed by atoms with van der Waals surface area (Å²) in [4.78, 5) is 0. The van der Waals surface area contributed by atoms with Crippen LogP contribution < -0.4 is 4.74 Å². The number of aromatic nitrogens is 3. The van der Waals surface area contributed by atoms with E-state index in [4.69, 9.17) is 4.74 Å². The van der Waals surface area contributed by atoms with Crippen molar-refractivity contribution in [3.63, 3.8) is 0 Å². The quantitative estimate of drug-likeness (QED) is 0.853. The highest BCUT2D eigenvalue weighted by molar-refractivity contribution is 5.50. The van der Waals surface area contributed by atoms with Crippen molar-refractivity contribution in [2.45, 2.75) is 64.9 Å². The van der Waals surface area contributed by atoms with Gasteiger partial charge in [0.25, 0.3) is 0 Å². The van der Waals surface area contributed by atoms with Crippen molar-refractivity contribution in [3.8, 4) is 5.75 Å². The van der Waals surface area contributed by atoms with Crippen LogP contribution >= 0.6 is 0 Å². The van der Waals surface area contributed by atoms with Gasteiger partial charge in [0, 0.05) is 23.2 Å². The summed E-state index contributed by atoms with van der Waals surface area (Å²) in [7, 11) is 0. The van der Waals surface area contributed by atoms with Gasteiger partial charge in [0.2, 0.25) is 0 Å². The molecule has 126 valence electrons. The summed E-state index contributed by atoms with van der Waals surface area (Å²) in [6.45, 7) is 7.02. The molecule has 5 atom stereocenters. The van der Waals surface area contributed by atoms with Crippen LogP contribution in [0.5, 0.6) is 5.75 Å². The first-order chi connectivity index (χ1) is 11.5. The third kappa shape index (κ3) is 1.43. The fourth-order valence-corrected chi connectivity index (χ4v) is 6.36. The van der Waals surface area contributed by atoms with Crippen LogP contribution in [-0.2, 0) is 0 Å². The molecule has 0 amide bonds. The highest BCUT2D eigenvalue weighted by Crippen LogP contribution is 2.83. The number of hydrogen-bond acceptors (Lipinski definition) is 3. The zero-order valence-corrected chi connectivity index (χ0v) is 14.7. The molecule has 0 radical (unpaired) electrons. The lowest BCUT2D eigenvalue weighted by Gasteiger charge is -2.36. The Morgan fingerprint density at radius 1 is 1.17 bits per heavy atom. The van der Waals surface area contributed by atoms with Crippen molar-refractivity contribution >= 4 is 5.65 Å². The number of ether oxygens (including phenoxy) is 1. The molecule has 2 heterocycles. The smallest absolute Gasteiger partial charge is 0.164 e. The van der Waals surface area contributed by atoms with Crippen LogP contribution in [0.3, 0.4) is 0 Å². The predicted octanol–water partition coefficient (Wildman–Crippen LogP) is 4.12. The Balaban J connectivity index is 1.41. The first-order valence-corrected chi connectivity index (χ1v) is 9.54. The Kier molecular flexibility index (Phi) is 2.26. The molecule has 4 nitrogen and oxygen atoms in total. The predicted molar refractivity (Wildman–Crippen MR) is 91.2 cm³/mol. The number of hydrogen-bond donors (Lipinski definition) is 0. The summed E-state index contributed by atoms with van der Waals surface area (Å²) in [6, 6.07) is 2.13. The molecule has 2 aromatic rings. The van der Waals surface area contributed by atoms with Gasteiger partial charge in [0.15, 0.2) is 5.65 Å². The summed E-state index contributed by atoms with van der Waals surface area (Å²) < 4.78 is 8.86. The van der Waals surface area contributed by atoms with Crippen LogP contribution in [0.1, 0.15) is 63.3 Å². The summed E-state index contributed by atoms with van der Waals surface area (Å²) in [5.41, 5.74) is 3.19. The lowest BCUT2D eigenvalue weighted by molar-refractivity contribution is 0.0463. The zero-order chi connectivity index (χ0) is 16.3. The fraction of sp³-hybridized carbons (Fsp3) is 0.700. The van der Waals surface area contributed by atoms with E-state index in [-0.39, 0.29) is 0 Å². The van der Waals surface area contributed by atoms with Gasteiger partial charge in [-0.1, -0.05) is 13.8 Å². The highest BCUT2D eigenvalue weighted by atomic mass is 16.5. The van der Waals surface area contributed by atoms with Gasteiger partial charge in [0.05, 0.1) is 0 Å². The maximum Gasteiger partial charge on any atom is 0.164 e. The minimum Gasteiger partial charge on any atom is -0.489 e. The molecule has 0 aliphatic heterocycles. The van der Waals surface area contributed by atoms with Gasteiger partial charge in [-0.25, -0.2) is 0 Å². The number of rotatable bonds is 3. The number of pyridine rings is 1. The number of nitrogens with zero attached hydrogens (tertiary/aromatic N) is 3. The van der Waals surface area contributed by atoms with Crippen molar-refractivity contribution in [3.05, 3.63) is 23.7 Å². The normalized spacial score (nSPS) is 42.5. The molecule has 4 fully saturated rings. The molecule has 0 saturated heterocycles. The van der Waals surface area contributed by atoms with Crippen LogP contribution in [0.2, 0.25) is 0 Å². The summed E-state index contributed by atoms with van der Waals surface area (Å²) in [5.74, 6) is 4.59. The fourth-order valence-electron chi connectivity index (χ4n) is 6.36. The van der Waals surface area contributed by atoms with E-state index < -0.39 is 0 Å². The molecule has 4 aliphatic carbocycles. The molecule has 0 bridgehead atoms. The van der Waals surface area contributed by atoms with E-state index in [9.17, 15) is 0 Å². The molecule has 6 rings (SSSR count). The summed E-state index contributed by atoms with van der Waals surface area (Å²) in [5, 5.41) is 8.54. The Hall–Kier alpha value is -1.58. The summed E-state index contributed by atoms with van der Waals surface area (Å²) in [6.07, 6.45) is 9.17. The second kappa shape index (κ2) is 3.97. The molecule has 4 saturated carbocycles. The van der Waals surface area contributed by atoms with Gasteiger partial charge in [-0.3, -0.25) is 4.40 Å². The van der Waals surface area contributed by atoms with Crippen LogP contribution in [0.15, 0.2) is 12.3 Å². The lowest BCUT2D eigenvalue weighted by atomic mass is 9.75. The second-order valence-corrected chi connectivity index (χ2v) is 9.14. The van der Waals surface area contributed by atoms with Crippen LogP contribution in [0.4, 0.5) is 0 Å². The molecule has 0 N–H and O–H groups in total. The number of aryl methyl sites for hydroxylation is 1. The lowest BCUT2D eigenvalue weighted by Crippen LogP contribution is -2.37. The van der Waals surface area contributed by atoms with E-state index >= 15 is 0 Å². The molecule has 4 aliphatic rings. The van der Waals surface area contributed by atoms with E-state index in [0.717, 1.165) is 29.1 Å². The second-order valence-electron chi connectivity index (χ2n) is 9.14. The largest absolute Gasteiger partial charge is 0.489 e. The SMILES string of the molecule is Cc1nnc2cc(OC3CC4C5CCC3(C)C54C)c(C3CC3)cn12. The zero-order valence-electron chi connectivity index (χ0n) is 14.7. The Bertz CT molecular complexity index is 869. The molecule has 0 spiro atoms. The summed E-state index contributed by atoms with van der Waals surface area (Å²) >= 11 is 0. The maximum absolute atomic E-state index is 6.74. The standard InChI is InChI=1S/C20H25N3O/c1-11-21-22-18-9-16(13(10-23(11)18)12-4-5-12)24-17-8-15-14-6-7-19(17,2)20(14,15)3/h9-10,12,14-15,17H,4-8H2,1-3H3. The van der Waals surface area contributed by atoms with Gasteiger partial charge in [-0.15, -0.1) is 10.2 Å². The van der Waals surface area contributed by atoms with Crippen molar-refractivity contribution in [2.75, 3.05) is 0 Å². The van der Waals surface area contributed by atoms with Gasteiger partial charge < -0.3 is 4.74 Å². The van der Waals surface area contributed by atoms with Crippen molar-refractivity contribution in [1.29, 1.82) is 0 Å². The van der Waals surface area contributed by atoms with Crippen molar-refractivity contribution in [2.24, 2.45) is 22.7 Å². The van der Waals surface area contributed by atoms with Gasteiger partial charge in [-0.05, 0) is 62.2 Å². The van der Waals surface area contributed by atoms with Crippen LogP contribution in [0, 0.1) is 29.6 Å². The molecular weight excluding hydrogens is 298 g/mol. The number of fused-ring (bicyclic) bond motifs is 2. The van der Waals surface area contributed by atoms with Crippen LogP contribution in [-0.4, -0.2) is 20.7 Å². The third-order valence-electron chi connectivity index (χ3n) is 8.29. The van der Waals surface area contributed by atoms with Gasteiger partial charge in [-0.2, -0.15) is 0 Å². The highest BCUT2D eigenvalue weighted by Gasteiger charge is 2.79. The van der Waals surface area contributed by atoms with Crippen molar-refractivity contribution in [1.82, 2.24) is 14.6 Å². The molecule has 2 aromatic heterocycles. The van der Waals surface area contributed by atoms with Gasteiger partial charge >= 0.3 is 0 Å².